The van der Waals surface area contributed by atoms with E-state index in [1.165, 1.54) is 10.8 Å². The summed E-state index contributed by atoms with van der Waals surface area (Å²) in [6, 6.07) is 7.44. The number of nitrogens with zero attached hydrogens (tertiary/aromatic N) is 4. The predicted molar refractivity (Wildman–Crippen MR) is 76.3 cm³/mol. The van der Waals surface area contributed by atoms with Gasteiger partial charge in [0, 0.05) is 10.6 Å². The number of hydrogen-bond acceptors (Lipinski definition) is 4. The van der Waals surface area contributed by atoms with Gasteiger partial charge in [-0.3, -0.25) is 0 Å². The van der Waals surface area contributed by atoms with E-state index in [-0.39, 0.29) is 0 Å². The summed E-state index contributed by atoms with van der Waals surface area (Å²) in [6.07, 6.45) is 1.41. The molecule has 0 saturated heterocycles. The smallest absolute Gasteiger partial charge is 0.256 e. The van der Waals surface area contributed by atoms with Gasteiger partial charge in [-0.2, -0.15) is 19.6 Å². The summed E-state index contributed by atoms with van der Waals surface area (Å²) in [7, 11) is 0. The van der Waals surface area contributed by atoms with Crippen LogP contribution in [0, 0.1) is 6.92 Å². The Morgan fingerprint density at radius 3 is 2.70 bits per heavy atom. The fraction of sp³-hybridized carbons (Fsp3) is 0.154. The highest BCUT2D eigenvalue weighted by Gasteiger charge is 2.13. The molecule has 0 fully saturated rings. The van der Waals surface area contributed by atoms with Gasteiger partial charge in [-0.15, -0.1) is 0 Å². The van der Waals surface area contributed by atoms with Crippen LogP contribution in [0.25, 0.3) is 5.78 Å². The minimum atomic E-state index is 0.358. The van der Waals surface area contributed by atoms with Crippen LogP contribution in [0.1, 0.15) is 11.1 Å². The average molecular weight is 309 g/mol. The topological polar surface area (TPSA) is 52.3 Å². The van der Waals surface area contributed by atoms with E-state index in [1.54, 1.807) is 0 Å². The van der Waals surface area contributed by atoms with Gasteiger partial charge in [-0.25, -0.2) is 0 Å². The van der Waals surface area contributed by atoms with Crippen molar-refractivity contribution in [2.24, 2.45) is 0 Å². The number of fused-ring (bicyclic) bond motifs is 1. The fourth-order valence-electron chi connectivity index (χ4n) is 1.78. The summed E-state index contributed by atoms with van der Waals surface area (Å²) in [5.41, 5.74) is 1.72. The number of hydrogen-bond donors (Lipinski definition) is 0. The molecule has 0 aliphatic rings. The van der Waals surface area contributed by atoms with Gasteiger partial charge in [0.1, 0.15) is 18.1 Å². The van der Waals surface area contributed by atoms with E-state index in [0.29, 0.717) is 28.4 Å². The zero-order valence-corrected chi connectivity index (χ0v) is 12.1. The molecule has 0 unspecified atom stereocenters. The Labute approximate surface area is 125 Å². The Kier molecular flexibility index (Phi) is 3.46. The number of ether oxygens (including phenoxy) is 1. The van der Waals surface area contributed by atoms with E-state index in [9.17, 15) is 0 Å². The highest BCUT2D eigenvalue weighted by Crippen LogP contribution is 2.25. The third kappa shape index (κ3) is 2.42. The molecule has 0 atom stereocenters. The van der Waals surface area contributed by atoms with Crippen LogP contribution in [-0.2, 0) is 6.61 Å². The second kappa shape index (κ2) is 5.26. The summed E-state index contributed by atoms with van der Waals surface area (Å²) in [4.78, 5) is 8.13. The maximum Gasteiger partial charge on any atom is 0.256 e. The van der Waals surface area contributed by atoms with E-state index < -0.39 is 0 Å². The van der Waals surface area contributed by atoms with Crippen LogP contribution in [-0.4, -0.2) is 19.6 Å². The second-order valence-corrected chi connectivity index (χ2v) is 5.01. The number of rotatable bonds is 3. The Bertz CT molecular complexity index is 755. The van der Waals surface area contributed by atoms with E-state index in [4.69, 9.17) is 27.9 Å². The van der Waals surface area contributed by atoms with Crippen LogP contribution < -0.4 is 4.74 Å². The Morgan fingerprint density at radius 1 is 1.20 bits per heavy atom. The highest BCUT2D eigenvalue weighted by molar-refractivity contribution is 6.30. The number of benzene rings is 1. The van der Waals surface area contributed by atoms with Crippen molar-refractivity contribution in [2.75, 3.05) is 0 Å². The normalized spacial score (nSPS) is 10.9. The van der Waals surface area contributed by atoms with Crippen LogP contribution in [0.5, 0.6) is 5.88 Å². The molecule has 3 aromatic rings. The Morgan fingerprint density at radius 2 is 1.95 bits per heavy atom. The first kappa shape index (κ1) is 13.1. The van der Waals surface area contributed by atoms with E-state index >= 15 is 0 Å². The number of halogens is 2. The molecule has 20 heavy (non-hydrogen) atoms. The molecule has 0 spiro atoms. The first-order valence-electron chi connectivity index (χ1n) is 5.88. The summed E-state index contributed by atoms with van der Waals surface area (Å²) in [5, 5.41) is 5.13. The molecule has 3 rings (SSSR count). The van der Waals surface area contributed by atoms with E-state index in [0.717, 1.165) is 11.1 Å². The van der Waals surface area contributed by atoms with Crippen molar-refractivity contribution in [1.82, 2.24) is 19.6 Å². The summed E-state index contributed by atoms with van der Waals surface area (Å²) >= 11 is 11.9. The molecule has 0 amide bonds. The molecule has 2 aromatic heterocycles. The first-order valence-corrected chi connectivity index (χ1v) is 6.64. The molecule has 2 heterocycles. The average Bonchev–Trinajstić information content (AvgIpc) is 2.89. The lowest BCUT2D eigenvalue weighted by Crippen LogP contribution is -2.05. The predicted octanol–water partition coefficient (Wildman–Crippen LogP) is 3.32. The molecule has 0 bridgehead atoms. The molecule has 102 valence electrons. The van der Waals surface area contributed by atoms with Crippen LogP contribution in [0.4, 0.5) is 0 Å². The van der Waals surface area contributed by atoms with Crippen molar-refractivity contribution in [3.8, 4) is 5.88 Å². The molecule has 0 aliphatic heterocycles. The van der Waals surface area contributed by atoms with Crippen LogP contribution in [0.15, 0.2) is 30.6 Å². The highest BCUT2D eigenvalue weighted by atomic mass is 35.5. The van der Waals surface area contributed by atoms with Gasteiger partial charge in [0.05, 0.1) is 0 Å². The van der Waals surface area contributed by atoms with Crippen LogP contribution in [0.2, 0.25) is 10.2 Å². The summed E-state index contributed by atoms with van der Waals surface area (Å²) in [6.45, 7) is 2.21. The van der Waals surface area contributed by atoms with Crippen molar-refractivity contribution in [3.05, 3.63) is 51.9 Å². The van der Waals surface area contributed by atoms with E-state index in [2.05, 4.69) is 15.1 Å². The third-order valence-corrected chi connectivity index (χ3v) is 3.46. The molecule has 0 saturated carbocycles. The molecular weight excluding hydrogens is 299 g/mol. The minimum Gasteiger partial charge on any atom is -0.472 e. The molecular formula is C13H10Cl2N4O. The van der Waals surface area contributed by atoms with Crippen LogP contribution >= 0.6 is 23.2 Å². The van der Waals surface area contributed by atoms with E-state index in [1.807, 2.05) is 31.2 Å². The minimum absolute atomic E-state index is 0.358. The van der Waals surface area contributed by atoms with Gasteiger partial charge in [0.15, 0.2) is 0 Å². The molecule has 7 heteroatoms. The fourth-order valence-corrected chi connectivity index (χ4v) is 2.06. The zero-order valence-electron chi connectivity index (χ0n) is 10.5. The van der Waals surface area contributed by atoms with Gasteiger partial charge in [-0.1, -0.05) is 35.3 Å². The first-order chi connectivity index (χ1) is 9.65. The standard InChI is InChI=1S/C13H10Cl2N4O/c1-8-11(15)18-13-16-7-17-19(13)12(8)20-6-9-2-4-10(14)5-3-9/h2-5,7H,6H2,1H3. The van der Waals surface area contributed by atoms with Gasteiger partial charge >= 0.3 is 0 Å². The van der Waals surface area contributed by atoms with Crippen molar-refractivity contribution < 1.29 is 4.74 Å². The zero-order chi connectivity index (χ0) is 14.1. The summed E-state index contributed by atoms with van der Waals surface area (Å²) < 4.78 is 7.33. The van der Waals surface area contributed by atoms with Gasteiger partial charge in [0.2, 0.25) is 5.88 Å². The maximum absolute atomic E-state index is 6.06. The Hall–Kier alpha value is -1.85. The lowest BCUT2D eigenvalue weighted by molar-refractivity contribution is 0.283. The molecule has 0 N–H and O–H groups in total. The monoisotopic (exact) mass is 308 g/mol. The molecule has 0 aliphatic carbocycles. The van der Waals surface area contributed by atoms with Crippen molar-refractivity contribution in [2.45, 2.75) is 13.5 Å². The van der Waals surface area contributed by atoms with Crippen molar-refractivity contribution in [3.63, 3.8) is 0 Å². The van der Waals surface area contributed by atoms with Gasteiger partial charge < -0.3 is 4.74 Å². The van der Waals surface area contributed by atoms with Crippen LogP contribution in [0.3, 0.4) is 0 Å². The second-order valence-electron chi connectivity index (χ2n) is 4.22. The van der Waals surface area contributed by atoms with Gasteiger partial charge in [0.25, 0.3) is 5.78 Å². The molecule has 0 radical (unpaired) electrons. The van der Waals surface area contributed by atoms with Crippen molar-refractivity contribution >= 4 is 29.0 Å². The lowest BCUT2D eigenvalue weighted by Gasteiger charge is -2.11. The number of aromatic nitrogens is 4. The largest absolute Gasteiger partial charge is 0.472 e. The quantitative estimate of drug-likeness (QED) is 0.697. The lowest BCUT2D eigenvalue weighted by atomic mass is 10.2. The van der Waals surface area contributed by atoms with Crippen molar-refractivity contribution in [1.29, 1.82) is 0 Å². The SMILES string of the molecule is Cc1c(Cl)nc2ncnn2c1OCc1ccc(Cl)cc1. The Balaban J connectivity index is 1.92. The maximum atomic E-state index is 6.06. The molecule has 1 aromatic carbocycles. The molecule has 5 nitrogen and oxygen atoms in total. The summed E-state index contributed by atoms with van der Waals surface area (Å²) in [5.74, 6) is 0.944. The van der Waals surface area contributed by atoms with Gasteiger partial charge in [-0.05, 0) is 24.6 Å². The third-order valence-electron chi connectivity index (χ3n) is 2.84.